The summed E-state index contributed by atoms with van der Waals surface area (Å²) in [5.74, 6) is -1.85. The van der Waals surface area contributed by atoms with Crippen LogP contribution in [0.1, 0.15) is 168 Å². The van der Waals surface area contributed by atoms with Crippen LogP contribution >= 0.6 is 0 Å². The van der Waals surface area contributed by atoms with Gasteiger partial charge in [0.1, 0.15) is 12.6 Å². The van der Waals surface area contributed by atoms with Gasteiger partial charge in [-0.15, -0.1) is 0 Å². The van der Waals surface area contributed by atoms with Crippen molar-refractivity contribution in [3.63, 3.8) is 0 Å². The van der Waals surface area contributed by atoms with Crippen LogP contribution in [0.3, 0.4) is 0 Å². The number of esters is 2. The molecule has 0 aliphatic rings. The number of ether oxygens (including phenoxy) is 3. The Morgan fingerprint density at radius 3 is 1.56 bits per heavy atom. The number of carboxylic acids is 1. The van der Waals surface area contributed by atoms with Gasteiger partial charge in [-0.1, -0.05) is 145 Å². The Kier molecular flexibility index (Phi) is 37.3. The Balaban J connectivity index is 4.50. The van der Waals surface area contributed by atoms with Crippen molar-refractivity contribution in [1.82, 2.24) is 0 Å². The molecule has 0 aromatic rings. The molecule has 8 heteroatoms. The highest BCUT2D eigenvalue weighted by Crippen LogP contribution is 2.11. The van der Waals surface area contributed by atoms with E-state index in [4.69, 9.17) is 14.2 Å². The quantitative estimate of drug-likeness (QED) is 0.0201. The van der Waals surface area contributed by atoms with Crippen LogP contribution in [-0.4, -0.2) is 75.5 Å². The van der Waals surface area contributed by atoms with Gasteiger partial charge in [0.2, 0.25) is 0 Å². The Hall–Kier alpha value is -3.23. The highest BCUT2D eigenvalue weighted by Gasteiger charge is 2.25. The minimum atomic E-state index is -1.14. The van der Waals surface area contributed by atoms with E-state index in [2.05, 4.69) is 86.8 Å². The van der Waals surface area contributed by atoms with E-state index in [-0.39, 0.29) is 49.1 Å². The summed E-state index contributed by atoms with van der Waals surface area (Å²) in [5.41, 5.74) is 0. The second kappa shape index (κ2) is 39.6. The van der Waals surface area contributed by atoms with Crippen molar-refractivity contribution in [3.8, 4) is 0 Å². The molecule has 0 bridgehead atoms. The van der Waals surface area contributed by atoms with E-state index in [1.807, 2.05) is 0 Å². The van der Waals surface area contributed by atoms with Crippen molar-refractivity contribution in [2.45, 2.75) is 180 Å². The maximum atomic E-state index is 12.7. The molecule has 57 heavy (non-hydrogen) atoms. The van der Waals surface area contributed by atoms with Gasteiger partial charge in [0.25, 0.3) is 0 Å². The predicted molar refractivity (Wildman–Crippen MR) is 235 cm³/mol. The van der Waals surface area contributed by atoms with E-state index in [9.17, 15) is 19.5 Å². The zero-order valence-electron chi connectivity index (χ0n) is 37.0. The van der Waals surface area contributed by atoms with Gasteiger partial charge in [-0.05, 0) is 77.0 Å². The molecule has 0 N–H and O–H groups in total. The van der Waals surface area contributed by atoms with E-state index in [0.717, 1.165) is 57.8 Å². The van der Waals surface area contributed by atoms with E-state index < -0.39 is 18.1 Å². The summed E-state index contributed by atoms with van der Waals surface area (Å²) >= 11 is 0. The molecule has 0 amide bonds. The molecule has 0 rings (SSSR count). The van der Waals surface area contributed by atoms with Crippen molar-refractivity contribution < 1.29 is 38.2 Å². The lowest BCUT2D eigenvalue weighted by molar-refractivity contribution is -0.889. The number of allylic oxidation sites excluding steroid dienone is 12. The zero-order valence-corrected chi connectivity index (χ0v) is 37.0. The van der Waals surface area contributed by atoms with Crippen LogP contribution in [0.5, 0.6) is 0 Å². The zero-order chi connectivity index (χ0) is 42.1. The molecule has 326 valence electrons. The van der Waals surface area contributed by atoms with Crippen molar-refractivity contribution in [1.29, 1.82) is 0 Å². The lowest BCUT2D eigenvalue weighted by Crippen LogP contribution is -2.55. The average Bonchev–Trinajstić information content (AvgIpc) is 3.17. The first kappa shape index (κ1) is 53.8. The number of nitrogens with zero attached hydrogens (tertiary/aromatic N) is 1. The van der Waals surface area contributed by atoms with Gasteiger partial charge in [-0.25, -0.2) is 0 Å². The number of aliphatic carboxylic acids is 1. The number of rotatable bonds is 39. The molecule has 0 radical (unpaired) electrons. The monoisotopic (exact) mass is 798 g/mol. The molecule has 0 aromatic carbocycles. The van der Waals surface area contributed by atoms with E-state index in [1.165, 1.54) is 70.6 Å². The topological polar surface area (TPSA) is 102 Å². The molecular formula is C49H83NO7. The molecule has 0 aliphatic carbocycles. The fourth-order valence-electron chi connectivity index (χ4n) is 6.05. The van der Waals surface area contributed by atoms with E-state index in [1.54, 1.807) is 21.1 Å². The van der Waals surface area contributed by atoms with Gasteiger partial charge >= 0.3 is 11.9 Å². The minimum absolute atomic E-state index is 0.00688. The van der Waals surface area contributed by atoms with Crippen LogP contribution < -0.4 is 5.11 Å². The molecule has 2 atom stereocenters. The summed E-state index contributed by atoms with van der Waals surface area (Å²) < 4.78 is 17.1. The Morgan fingerprint density at radius 1 is 0.544 bits per heavy atom. The molecular weight excluding hydrogens is 715 g/mol. The maximum Gasteiger partial charge on any atom is 0.306 e. The normalized spacial score (nSPS) is 13.6. The van der Waals surface area contributed by atoms with Crippen LogP contribution in [0.2, 0.25) is 0 Å². The molecule has 0 aromatic heterocycles. The standard InChI is InChI=1S/C49H83NO7/c1-6-8-10-12-14-16-18-20-22-24-26-28-30-32-34-36-38-40-48(52)57-45(43-55-42-41-46(49(53)54)50(3,4)5)44-56-47(51)39-37-35-33-31-29-27-25-23-21-19-17-15-13-11-9-7-2/h14,16,20,22-23,25-29,32,34,45-46H,6-13,15,17-19,21,24,30-31,33,35-44H2,1-5H3/b16-14+,22-20+,25-23+,28-26+,29-27+,34-32+. The molecule has 0 aliphatic heterocycles. The summed E-state index contributed by atoms with van der Waals surface area (Å²) in [7, 11) is 5.37. The summed E-state index contributed by atoms with van der Waals surface area (Å²) in [6.45, 7) is 4.53. The molecule has 0 saturated heterocycles. The van der Waals surface area contributed by atoms with Gasteiger partial charge in [-0.2, -0.15) is 0 Å². The lowest BCUT2D eigenvalue weighted by atomic mass is 10.1. The third kappa shape index (κ3) is 38.1. The SMILES string of the molecule is CCCCC/C=C/C/C=C/C/C=C/C/C=C/CCCC(=O)OC(COCCC(C(=O)[O-])[N+](C)(C)C)COC(=O)CCCCC/C=C/C=C/CCCCCCCCC. The van der Waals surface area contributed by atoms with Gasteiger partial charge in [0.15, 0.2) is 6.10 Å². The summed E-state index contributed by atoms with van der Waals surface area (Å²) in [6, 6.07) is -0.742. The molecule has 0 heterocycles. The largest absolute Gasteiger partial charge is 0.544 e. The Labute approximate surface area is 349 Å². The number of hydrogen-bond acceptors (Lipinski definition) is 7. The van der Waals surface area contributed by atoms with Crippen LogP contribution in [0.4, 0.5) is 0 Å². The molecule has 0 saturated carbocycles. The number of quaternary nitrogens is 1. The third-order valence-electron chi connectivity index (χ3n) is 9.59. The van der Waals surface area contributed by atoms with Crippen molar-refractivity contribution >= 4 is 17.9 Å². The highest BCUT2D eigenvalue weighted by atomic mass is 16.6. The predicted octanol–water partition coefficient (Wildman–Crippen LogP) is 11.0. The molecule has 0 fully saturated rings. The van der Waals surface area contributed by atoms with Gasteiger partial charge in [-0.3, -0.25) is 9.59 Å². The third-order valence-corrected chi connectivity index (χ3v) is 9.59. The molecule has 0 spiro atoms. The first-order valence-corrected chi connectivity index (χ1v) is 22.5. The van der Waals surface area contributed by atoms with Gasteiger partial charge < -0.3 is 28.6 Å². The fraction of sp³-hybridized carbons (Fsp3) is 0.694. The summed E-state index contributed by atoms with van der Waals surface area (Å²) in [4.78, 5) is 36.8. The van der Waals surface area contributed by atoms with Crippen LogP contribution in [0.25, 0.3) is 0 Å². The first-order chi connectivity index (χ1) is 27.6. The molecule has 8 nitrogen and oxygen atoms in total. The fourth-order valence-corrected chi connectivity index (χ4v) is 6.05. The van der Waals surface area contributed by atoms with Crippen LogP contribution in [-0.2, 0) is 28.6 Å². The van der Waals surface area contributed by atoms with E-state index >= 15 is 0 Å². The van der Waals surface area contributed by atoms with Gasteiger partial charge in [0.05, 0.1) is 40.3 Å². The molecule has 2 unspecified atom stereocenters. The van der Waals surface area contributed by atoms with Crippen molar-refractivity contribution in [2.75, 3.05) is 41.0 Å². The number of carbonyl (C=O) groups excluding carboxylic acids is 3. The second-order valence-corrected chi connectivity index (χ2v) is 16.0. The number of hydrogen-bond donors (Lipinski definition) is 0. The van der Waals surface area contributed by atoms with E-state index in [0.29, 0.717) is 12.8 Å². The van der Waals surface area contributed by atoms with Crippen LogP contribution in [0, 0.1) is 0 Å². The Bertz CT molecular complexity index is 1160. The van der Waals surface area contributed by atoms with Gasteiger partial charge in [0, 0.05) is 19.3 Å². The number of likely N-dealkylation sites (N-methyl/N-ethyl adjacent to an activating group) is 1. The first-order valence-electron chi connectivity index (χ1n) is 22.5. The smallest absolute Gasteiger partial charge is 0.306 e. The lowest BCUT2D eigenvalue weighted by Gasteiger charge is -2.34. The van der Waals surface area contributed by atoms with Crippen molar-refractivity contribution in [2.24, 2.45) is 0 Å². The summed E-state index contributed by atoms with van der Waals surface area (Å²) in [6.07, 6.45) is 49.3. The minimum Gasteiger partial charge on any atom is -0.544 e. The van der Waals surface area contributed by atoms with Crippen LogP contribution in [0.15, 0.2) is 72.9 Å². The second-order valence-electron chi connectivity index (χ2n) is 16.0. The Morgan fingerprint density at radius 2 is 1.00 bits per heavy atom. The maximum absolute atomic E-state index is 12.7. The average molecular weight is 798 g/mol. The summed E-state index contributed by atoms with van der Waals surface area (Å²) in [5, 5.41) is 11.6. The highest BCUT2D eigenvalue weighted by molar-refractivity contribution is 5.70. The number of carboxylic acid groups (broad SMARTS) is 1. The number of unbranched alkanes of at least 4 members (excludes halogenated alkanes) is 14. The number of carbonyl (C=O) groups is 3. The van der Waals surface area contributed by atoms with Crippen molar-refractivity contribution in [3.05, 3.63) is 72.9 Å².